The molecule has 2 atom stereocenters. The fraction of sp³-hybridized carbons (Fsp3) is 0.581. The number of urea groups is 1. The van der Waals surface area contributed by atoms with Gasteiger partial charge in [0, 0.05) is 61.3 Å². The van der Waals surface area contributed by atoms with Crippen molar-refractivity contribution in [3.8, 4) is 5.75 Å². The Morgan fingerprint density at radius 2 is 1.71 bits per heavy atom. The van der Waals surface area contributed by atoms with Crippen molar-refractivity contribution in [2.75, 3.05) is 45.8 Å². The zero-order valence-electron chi connectivity index (χ0n) is 23.9. The maximum absolute atomic E-state index is 13.8. The van der Waals surface area contributed by atoms with Gasteiger partial charge in [0.05, 0.1) is 5.69 Å². The predicted molar refractivity (Wildman–Crippen MR) is 162 cm³/mol. The molecule has 1 N–H and O–H groups in total. The fourth-order valence-corrected chi connectivity index (χ4v) is 6.74. The number of pyridine rings is 1. The van der Waals surface area contributed by atoms with Crippen LogP contribution in [0, 0.1) is 0 Å². The molecule has 3 aliphatic rings. The lowest BCUT2D eigenvalue weighted by atomic mass is 9.91. The van der Waals surface area contributed by atoms with Crippen molar-refractivity contribution in [3.05, 3.63) is 57.8 Å². The first kappa shape index (κ1) is 29.9. The topological polar surface area (TPSA) is 78.0 Å². The van der Waals surface area contributed by atoms with Crippen molar-refractivity contribution in [2.24, 2.45) is 0 Å². The van der Waals surface area contributed by atoms with Gasteiger partial charge in [-0.25, -0.2) is 4.79 Å². The highest BCUT2D eigenvalue weighted by Crippen LogP contribution is 2.33. The minimum Gasteiger partial charge on any atom is -0.487 e. The van der Waals surface area contributed by atoms with Crippen molar-refractivity contribution >= 4 is 35.1 Å². The van der Waals surface area contributed by atoms with Crippen molar-refractivity contribution in [1.29, 1.82) is 0 Å². The largest absolute Gasteiger partial charge is 0.487 e. The number of likely N-dealkylation sites (tertiary alicyclic amines) is 3. The molecule has 222 valence electrons. The molecule has 1 aromatic heterocycles. The van der Waals surface area contributed by atoms with Crippen LogP contribution < -0.4 is 10.1 Å². The number of aromatic nitrogens is 1. The summed E-state index contributed by atoms with van der Waals surface area (Å²) in [5, 5.41) is 4.04. The first-order valence-electron chi connectivity index (χ1n) is 15.0. The quantitative estimate of drug-likeness (QED) is 0.418. The van der Waals surface area contributed by atoms with Crippen molar-refractivity contribution in [3.63, 3.8) is 0 Å². The monoisotopic (exact) mass is 601 g/mol. The van der Waals surface area contributed by atoms with Gasteiger partial charge in [0.25, 0.3) is 0 Å². The van der Waals surface area contributed by atoms with Crippen LogP contribution in [0.5, 0.6) is 5.75 Å². The van der Waals surface area contributed by atoms with Crippen LogP contribution in [-0.2, 0) is 11.2 Å². The van der Waals surface area contributed by atoms with Gasteiger partial charge in [-0.3, -0.25) is 14.7 Å². The Bertz CT molecular complexity index is 1190. The van der Waals surface area contributed by atoms with Crippen LogP contribution in [0.1, 0.15) is 62.6 Å². The van der Waals surface area contributed by atoms with Crippen LogP contribution in [0.15, 0.2) is 36.5 Å². The molecular formula is C31H41Cl2N5O3. The van der Waals surface area contributed by atoms with E-state index in [9.17, 15) is 9.59 Å². The van der Waals surface area contributed by atoms with E-state index in [2.05, 4.69) is 17.1 Å². The highest BCUT2D eigenvalue weighted by molar-refractivity contribution is 6.35. The van der Waals surface area contributed by atoms with E-state index in [-0.39, 0.29) is 24.0 Å². The lowest BCUT2D eigenvalue weighted by Crippen LogP contribution is -2.54. The van der Waals surface area contributed by atoms with Crippen molar-refractivity contribution < 1.29 is 14.3 Å². The highest BCUT2D eigenvalue weighted by Gasteiger charge is 2.33. The molecule has 2 aromatic rings. The van der Waals surface area contributed by atoms with Gasteiger partial charge < -0.3 is 19.9 Å². The van der Waals surface area contributed by atoms with E-state index in [1.165, 1.54) is 12.8 Å². The second-order valence-corrected chi connectivity index (χ2v) is 12.4. The smallest absolute Gasteiger partial charge is 0.318 e. The molecular weight excluding hydrogens is 561 g/mol. The third kappa shape index (κ3) is 7.85. The average molecular weight is 603 g/mol. The van der Waals surface area contributed by atoms with Crippen LogP contribution in [0.2, 0.25) is 10.0 Å². The van der Waals surface area contributed by atoms with E-state index in [0.29, 0.717) is 42.6 Å². The van der Waals surface area contributed by atoms with Crippen LogP contribution in [0.3, 0.4) is 0 Å². The fourth-order valence-electron chi connectivity index (χ4n) is 6.25. The van der Waals surface area contributed by atoms with E-state index >= 15 is 0 Å². The Kier molecular flexibility index (Phi) is 10.3. The zero-order chi connectivity index (χ0) is 28.8. The van der Waals surface area contributed by atoms with Crippen molar-refractivity contribution in [2.45, 2.75) is 69.9 Å². The Balaban J connectivity index is 1.23. The Labute approximate surface area is 253 Å². The van der Waals surface area contributed by atoms with Gasteiger partial charge in [-0.15, -0.1) is 0 Å². The summed E-state index contributed by atoms with van der Waals surface area (Å²) in [6.45, 7) is 7.94. The van der Waals surface area contributed by atoms with E-state index < -0.39 is 6.04 Å². The summed E-state index contributed by atoms with van der Waals surface area (Å²) in [5.41, 5.74) is 1.75. The van der Waals surface area contributed by atoms with Gasteiger partial charge in [0.15, 0.2) is 0 Å². The number of carbonyl (C=O) groups excluding carboxylic acids is 2. The van der Waals surface area contributed by atoms with E-state index in [4.69, 9.17) is 32.9 Å². The summed E-state index contributed by atoms with van der Waals surface area (Å²) in [6.07, 6.45) is 8.28. The maximum atomic E-state index is 13.8. The summed E-state index contributed by atoms with van der Waals surface area (Å²) in [4.78, 5) is 37.7. The number of ether oxygens (including phenoxy) is 1. The van der Waals surface area contributed by atoms with E-state index in [1.54, 1.807) is 17.0 Å². The number of amides is 3. The maximum Gasteiger partial charge on any atom is 0.318 e. The summed E-state index contributed by atoms with van der Waals surface area (Å²) in [6, 6.07) is 8.29. The minimum absolute atomic E-state index is 0.0809. The van der Waals surface area contributed by atoms with Gasteiger partial charge in [-0.05, 0) is 88.4 Å². The molecule has 3 saturated heterocycles. The molecule has 3 fully saturated rings. The summed E-state index contributed by atoms with van der Waals surface area (Å²) < 4.78 is 6.39. The first-order chi connectivity index (χ1) is 19.9. The predicted octanol–water partition coefficient (Wildman–Crippen LogP) is 5.37. The van der Waals surface area contributed by atoms with Crippen LogP contribution >= 0.6 is 23.2 Å². The molecule has 1 aromatic carbocycles. The Morgan fingerprint density at radius 3 is 2.41 bits per heavy atom. The van der Waals surface area contributed by atoms with Gasteiger partial charge in [0.2, 0.25) is 5.91 Å². The number of benzene rings is 1. The average Bonchev–Trinajstić information content (AvgIpc) is 3.69. The number of nitrogens with one attached hydrogen (secondary N) is 1. The lowest BCUT2D eigenvalue weighted by molar-refractivity contribution is -0.134. The Morgan fingerprint density at radius 1 is 1.00 bits per heavy atom. The molecule has 0 saturated carbocycles. The van der Waals surface area contributed by atoms with Crippen LogP contribution in [0.25, 0.3) is 0 Å². The number of nitrogens with zero attached hydrogens (tertiary/aromatic N) is 4. The molecule has 0 radical (unpaired) electrons. The van der Waals surface area contributed by atoms with Crippen LogP contribution in [0.4, 0.5) is 4.79 Å². The standard InChI is InChI=1S/C31H41Cl2N5O3/c1-22(21-36-13-2-3-14-36)41-28-7-6-12-34-29(28)23-10-17-37(18-11-23)30(39)27(35-31(40)38-15-4-5-16-38)19-24-8-9-25(32)20-26(24)33/h6-9,12,20,22-23,27H,2-5,10-11,13-19,21H2,1H3,(H,35,40)/t22-,27+/m0/s1. The minimum atomic E-state index is -0.710. The molecule has 0 bridgehead atoms. The highest BCUT2D eigenvalue weighted by atomic mass is 35.5. The molecule has 3 amide bonds. The van der Waals surface area contributed by atoms with E-state index in [1.807, 2.05) is 29.3 Å². The summed E-state index contributed by atoms with van der Waals surface area (Å²) in [7, 11) is 0. The number of hydrogen-bond acceptors (Lipinski definition) is 5. The third-order valence-corrected chi connectivity index (χ3v) is 9.05. The first-order valence-corrected chi connectivity index (χ1v) is 15.7. The van der Waals surface area contributed by atoms with Gasteiger partial charge in [-0.2, -0.15) is 0 Å². The van der Waals surface area contributed by atoms with E-state index in [0.717, 1.165) is 62.3 Å². The van der Waals surface area contributed by atoms with Gasteiger partial charge in [-0.1, -0.05) is 29.3 Å². The molecule has 10 heteroatoms. The van der Waals surface area contributed by atoms with Crippen LogP contribution in [-0.4, -0.2) is 89.6 Å². The molecule has 41 heavy (non-hydrogen) atoms. The number of halogens is 2. The van der Waals surface area contributed by atoms with Gasteiger partial charge in [0.1, 0.15) is 17.9 Å². The normalized spacial score (nSPS) is 19.8. The number of hydrogen-bond donors (Lipinski definition) is 1. The molecule has 5 rings (SSSR count). The summed E-state index contributed by atoms with van der Waals surface area (Å²) >= 11 is 12.6. The third-order valence-electron chi connectivity index (χ3n) is 8.46. The molecule has 0 unspecified atom stereocenters. The number of rotatable bonds is 9. The number of carbonyl (C=O) groups is 2. The summed E-state index contributed by atoms with van der Waals surface area (Å²) in [5.74, 6) is 0.966. The molecule has 3 aliphatic heterocycles. The molecule has 0 aliphatic carbocycles. The molecule has 0 spiro atoms. The lowest BCUT2D eigenvalue weighted by Gasteiger charge is -2.35. The second-order valence-electron chi connectivity index (χ2n) is 11.6. The molecule has 8 nitrogen and oxygen atoms in total. The SMILES string of the molecule is C[C@@H](CN1CCCC1)Oc1cccnc1C1CCN(C(=O)[C@@H](Cc2ccc(Cl)cc2Cl)NC(=O)N2CCCC2)CC1. The Hall–Kier alpha value is -2.55. The molecule has 4 heterocycles. The van der Waals surface area contributed by atoms with Crippen molar-refractivity contribution in [1.82, 2.24) is 25.0 Å². The second kappa shape index (κ2) is 14.1. The van der Waals surface area contributed by atoms with Gasteiger partial charge >= 0.3 is 6.03 Å². The number of piperidine rings is 1. The zero-order valence-corrected chi connectivity index (χ0v) is 25.4.